The summed E-state index contributed by atoms with van der Waals surface area (Å²) in [6.07, 6.45) is 1.50. The van der Waals surface area contributed by atoms with Crippen LogP contribution in [0.5, 0.6) is 0 Å². The van der Waals surface area contributed by atoms with Crippen LogP contribution in [0, 0.1) is 0 Å². The predicted octanol–water partition coefficient (Wildman–Crippen LogP) is 3.13. The number of benzene rings is 1. The van der Waals surface area contributed by atoms with Gasteiger partial charge in [0.25, 0.3) is 5.91 Å². The number of carbonyl (C=O) groups is 1. The van der Waals surface area contributed by atoms with Gasteiger partial charge in [-0.1, -0.05) is 29.8 Å². The number of hydrogen-bond donors (Lipinski definition) is 1. The SMILES string of the molecule is COCc1ccccc1NC(=O)c1ccnc(Cl)c1. The molecular weight excluding hydrogens is 264 g/mol. The van der Waals surface area contributed by atoms with Crippen LogP contribution in [0.3, 0.4) is 0 Å². The number of aromatic nitrogens is 1. The third-order valence-electron chi connectivity index (χ3n) is 2.55. The standard InChI is InChI=1S/C14H13ClN2O2/c1-19-9-11-4-2-3-5-12(11)17-14(18)10-6-7-16-13(15)8-10/h2-8H,9H2,1H3,(H,17,18). The second-order valence-electron chi connectivity index (χ2n) is 3.91. The number of rotatable bonds is 4. The smallest absolute Gasteiger partial charge is 0.255 e. The van der Waals surface area contributed by atoms with E-state index in [-0.39, 0.29) is 11.1 Å². The van der Waals surface area contributed by atoms with Gasteiger partial charge in [0.05, 0.1) is 6.61 Å². The Bertz CT molecular complexity index is 587. The number of ether oxygens (including phenoxy) is 1. The van der Waals surface area contributed by atoms with Gasteiger partial charge >= 0.3 is 0 Å². The summed E-state index contributed by atoms with van der Waals surface area (Å²) in [5.74, 6) is -0.229. The minimum atomic E-state index is -0.229. The molecule has 0 aliphatic rings. The quantitative estimate of drug-likeness (QED) is 0.873. The van der Waals surface area contributed by atoms with E-state index in [1.54, 1.807) is 13.2 Å². The highest BCUT2D eigenvalue weighted by Crippen LogP contribution is 2.17. The molecule has 2 aromatic rings. The summed E-state index contributed by atoms with van der Waals surface area (Å²) in [5.41, 5.74) is 2.10. The van der Waals surface area contributed by atoms with E-state index < -0.39 is 0 Å². The zero-order chi connectivity index (χ0) is 13.7. The molecule has 0 aliphatic carbocycles. The number of amides is 1. The van der Waals surface area contributed by atoms with Crippen LogP contribution in [-0.4, -0.2) is 18.0 Å². The summed E-state index contributed by atoms with van der Waals surface area (Å²) in [6, 6.07) is 10.6. The van der Waals surface area contributed by atoms with Crippen molar-refractivity contribution in [3.8, 4) is 0 Å². The van der Waals surface area contributed by atoms with Gasteiger partial charge in [-0.05, 0) is 18.2 Å². The maximum Gasteiger partial charge on any atom is 0.255 e. The molecule has 0 saturated carbocycles. The molecule has 1 amide bonds. The molecule has 1 heterocycles. The Morgan fingerprint density at radius 1 is 1.37 bits per heavy atom. The fraction of sp³-hybridized carbons (Fsp3) is 0.143. The molecule has 0 bridgehead atoms. The Balaban J connectivity index is 2.19. The Kier molecular flexibility index (Phi) is 4.49. The van der Waals surface area contributed by atoms with Gasteiger partial charge in [-0.3, -0.25) is 4.79 Å². The van der Waals surface area contributed by atoms with Gasteiger partial charge in [0.1, 0.15) is 5.15 Å². The number of pyridine rings is 1. The molecule has 0 aliphatic heterocycles. The van der Waals surface area contributed by atoms with E-state index in [9.17, 15) is 4.79 Å². The van der Waals surface area contributed by atoms with E-state index in [0.717, 1.165) is 11.3 Å². The van der Waals surface area contributed by atoms with Crippen molar-refractivity contribution in [1.29, 1.82) is 0 Å². The molecule has 4 nitrogen and oxygen atoms in total. The van der Waals surface area contributed by atoms with Crippen LogP contribution in [0.4, 0.5) is 5.69 Å². The molecule has 1 aromatic heterocycles. The number of para-hydroxylation sites is 1. The molecule has 0 radical (unpaired) electrons. The van der Waals surface area contributed by atoms with Gasteiger partial charge in [0, 0.05) is 30.1 Å². The van der Waals surface area contributed by atoms with Crippen molar-refractivity contribution in [3.63, 3.8) is 0 Å². The molecule has 0 atom stereocenters. The zero-order valence-corrected chi connectivity index (χ0v) is 11.1. The summed E-state index contributed by atoms with van der Waals surface area (Å²) in [4.78, 5) is 15.9. The Morgan fingerprint density at radius 3 is 2.89 bits per heavy atom. The first-order valence-electron chi connectivity index (χ1n) is 5.70. The minimum Gasteiger partial charge on any atom is -0.380 e. The lowest BCUT2D eigenvalue weighted by Crippen LogP contribution is -2.13. The van der Waals surface area contributed by atoms with Crippen molar-refractivity contribution in [3.05, 3.63) is 58.9 Å². The number of nitrogens with zero attached hydrogens (tertiary/aromatic N) is 1. The molecule has 0 saturated heterocycles. The normalized spacial score (nSPS) is 10.2. The topological polar surface area (TPSA) is 51.2 Å². The predicted molar refractivity (Wildman–Crippen MR) is 74.4 cm³/mol. The molecule has 0 unspecified atom stereocenters. The van der Waals surface area contributed by atoms with Gasteiger partial charge < -0.3 is 10.1 Å². The lowest BCUT2D eigenvalue weighted by Gasteiger charge is -2.10. The molecule has 0 spiro atoms. The first-order valence-corrected chi connectivity index (χ1v) is 6.08. The molecule has 1 N–H and O–H groups in total. The average Bonchev–Trinajstić information content (AvgIpc) is 2.41. The number of halogens is 1. The number of anilines is 1. The summed E-state index contributed by atoms with van der Waals surface area (Å²) in [7, 11) is 1.61. The molecule has 5 heteroatoms. The van der Waals surface area contributed by atoms with E-state index in [1.165, 1.54) is 12.3 Å². The molecule has 2 rings (SSSR count). The van der Waals surface area contributed by atoms with Gasteiger partial charge in [0.15, 0.2) is 0 Å². The Labute approximate surface area is 116 Å². The van der Waals surface area contributed by atoms with Crippen molar-refractivity contribution in [1.82, 2.24) is 4.98 Å². The number of hydrogen-bond acceptors (Lipinski definition) is 3. The van der Waals surface area contributed by atoms with Crippen molar-refractivity contribution in [2.75, 3.05) is 12.4 Å². The highest BCUT2D eigenvalue weighted by molar-refractivity contribution is 6.29. The van der Waals surface area contributed by atoms with Crippen molar-refractivity contribution in [2.24, 2.45) is 0 Å². The lowest BCUT2D eigenvalue weighted by molar-refractivity contribution is 0.102. The third kappa shape index (κ3) is 3.53. The first kappa shape index (κ1) is 13.5. The molecular formula is C14H13ClN2O2. The van der Waals surface area contributed by atoms with Crippen LogP contribution < -0.4 is 5.32 Å². The van der Waals surface area contributed by atoms with Crippen LogP contribution in [0.25, 0.3) is 0 Å². The molecule has 0 fully saturated rings. The zero-order valence-electron chi connectivity index (χ0n) is 10.4. The van der Waals surface area contributed by atoms with Gasteiger partial charge in [-0.2, -0.15) is 0 Å². The number of methoxy groups -OCH3 is 1. The summed E-state index contributed by atoms with van der Waals surface area (Å²) in [5, 5.41) is 3.12. The molecule has 19 heavy (non-hydrogen) atoms. The lowest BCUT2D eigenvalue weighted by atomic mass is 10.1. The van der Waals surface area contributed by atoms with E-state index >= 15 is 0 Å². The van der Waals surface area contributed by atoms with E-state index in [0.29, 0.717) is 12.2 Å². The Morgan fingerprint density at radius 2 is 2.16 bits per heavy atom. The number of nitrogens with one attached hydrogen (secondary N) is 1. The maximum absolute atomic E-state index is 12.1. The third-order valence-corrected chi connectivity index (χ3v) is 2.76. The van der Waals surface area contributed by atoms with Crippen LogP contribution in [0.2, 0.25) is 5.15 Å². The van der Waals surface area contributed by atoms with E-state index in [4.69, 9.17) is 16.3 Å². The van der Waals surface area contributed by atoms with Gasteiger partial charge in [0.2, 0.25) is 0 Å². The summed E-state index contributed by atoms with van der Waals surface area (Å²) >= 11 is 5.76. The second-order valence-corrected chi connectivity index (χ2v) is 4.30. The van der Waals surface area contributed by atoms with E-state index in [2.05, 4.69) is 10.3 Å². The molecule has 98 valence electrons. The molecule has 1 aromatic carbocycles. The number of carbonyl (C=O) groups excluding carboxylic acids is 1. The average molecular weight is 277 g/mol. The Hall–Kier alpha value is -1.91. The van der Waals surface area contributed by atoms with E-state index in [1.807, 2.05) is 24.3 Å². The fourth-order valence-electron chi connectivity index (χ4n) is 1.66. The fourth-order valence-corrected chi connectivity index (χ4v) is 1.84. The van der Waals surface area contributed by atoms with Crippen LogP contribution >= 0.6 is 11.6 Å². The van der Waals surface area contributed by atoms with Gasteiger partial charge in [-0.15, -0.1) is 0 Å². The van der Waals surface area contributed by atoms with Crippen LogP contribution in [-0.2, 0) is 11.3 Å². The van der Waals surface area contributed by atoms with Gasteiger partial charge in [-0.25, -0.2) is 4.98 Å². The highest BCUT2D eigenvalue weighted by Gasteiger charge is 2.09. The van der Waals surface area contributed by atoms with Crippen molar-refractivity contribution >= 4 is 23.2 Å². The van der Waals surface area contributed by atoms with Crippen LogP contribution in [0.15, 0.2) is 42.6 Å². The van der Waals surface area contributed by atoms with Crippen molar-refractivity contribution < 1.29 is 9.53 Å². The van der Waals surface area contributed by atoms with Crippen molar-refractivity contribution in [2.45, 2.75) is 6.61 Å². The summed E-state index contributed by atoms with van der Waals surface area (Å²) < 4.78 is 5.09. The summed E-state index contributed by atoms with van der Waals surface area (Å²) in [6.45, 7) is 0.438. The second kappa shape index (κ2) is 6.31. The maximum atomic E-state index is 12.1. The minimum absolute atomic E-state index is 0.229. The highest BCUT2D eigenvalue weighted by atomic mass is 35.5. The van der Waals surface area contributed by atoms with Crippen LogP contribution in [0.1, 0.15) is 15.9 Å². The first-order chi connectivity index (χ1) is 9.20. The monoisotopic (exact) mass is 276 g/mol. The largest absolute Gasteiger partial charge is 0.380 e.